The van der Waals surface area contributed by atoms with E-state index in [4.69, 9.17) is 0 Å². The fourth-order valence-electron chi connectivity index (χ4n) is 3.15. The summed E-state index contributed by atoms with van der Waals surface area (Å²) in [6, 6.07) is 14.5. The molecular formula is C17H20N2S. The number of benzene rings is 1. The van der Waals surface area contributed by atoms with Crippen LogP contribution in [0.2, 0.25) is 0 Å². The lowest BCUT2D eigenvalue weighted by Crippen LogP contribution is -2.27. The summed E-state index contributed by atoms with van der Waals surface area (Å²) in [4.78, 5) is 4.01. The van der Waals surface area contributed by atoms with E-state index in [0.717, 1.165) is 6.04 Å². The van der Waals surface area contributed by atoms with Gasteiger partial charge in [-0.15, -0.1) is 11.3 Å². The van der Waals surface area contributed by atoms with Crippen molar-refractivity contribution >= 4 is 17.0 Å². The van der Waals surface area contributed by atoms with Gasteiger partial charge in [0.05, 0.1) is 0 Å². The molecule has 1 aliphatic carbocycles. The lowest BCUT2D eigenvalue weighted by atomic mass is 10.1. The van der Waals surface area contributed by atoms with Gasteiger partial charge >= 0.3 is 0 Å². The Labute approximate surface area is 124 Å². The Morgan fingerprint density at radius 1 is 1.05 bits per heavy atom. The normalized spacial score (nSPS) is 23.1. The maximum Gasteiger partial charge on any atom is 0.0430 e. The van der Waals surface area contributed by atoms with Crippen LogP contribution in [0.1, 0.15) is 19.3 Å². The van der Waals surface area contributed by atoms with Gasteiger partial charge in [0.2, 0.25) is 0 Å². The lowest BCUT2D eigenvalue weighted by molar-refractivity contribution is 0.326. The molecule has 2 aromatic rings. The summed E-state index contributed by atoms with van der Waals surface area (Å²) in [6.45, 7) is 2.48. The molecule has 2 heterocycles. The van der Waals surface area contributed by atoms with Gasteiger partial charge in [0.25, 0.3) is 0 Å². The van der Waals surface area contributed by atoms with Gasteiger partial charge in [-0.1, -0.05) is 24.3 Å². The third-order valence-corrected chi connectivity index (χ3v) is 5.26. The fraction of sp³-hybridized carbons (Fsp3) is 0.412. The van der Waals surface area contributed by atoms with Crippen molar-refractivity contribution in [2.45, 2.75) is 31.3 Å². The number of thiophene rings is 1. The van der Waals surface area contributed by atoms with E-state index in [1.807, 2.05) is 11.3 Å². The van der Waals surface area contributed by atoms with Crippen molar-refractivity contribution in [2.24, 2.45) is 0 Å². The number of nitrogens with zero attached hydrogens (tertiary/aromatic N) is 1. The Morgan fingerprint density at radius 2 is 1.95 bits per heavy atom. The third-order valence-electron chi connectivity index (χ3n) is 4.36. The van der Waals surface area contributed by atoms with E-state index in [2.05, 4.69) is 52.0 Å². The Kier molecular flexibility index (Phi) is 3.25. The number of hydrogen-bond acceptors (Lipinski definition) is 3. The highest BCUT2D eigenvalue weighted by molar-refractivity contribution is 7.13. The van der Waals surface area contributed by atoms with E-state index < -0.39 is 0 Å². The van der Waals surface area contributed by atoms with Crippen LogP contribution in [0.5, 0.6) is 0 Å². The van der Waals surface area contributed by atoms with Crippen LogP contribution in [-0.2, 0) is 0 Å². The number of rotatable bonds is 4. The van der Waals surface area contributed by atoms with Crippen LogP contribution >= 0.6 is 11.3 Å². The first-order valence-electron chi connectivity index (χ1n) is 7.53. The Balaban J connectivity index is 1.51. The first-order valence-corrected chi connectivity index (χ1v) is 8.41. The third kappa shape index (κ3) is 2.48. The molecule has 0 bridgehead atoms. The minimum Gasteiger partial charge on any atom is -0.380 e. The quantitative estimate of drug-likeness (QED) is 0.910. The smallest absolute Gasteiger partial charge is 0.0430 e. The molecule has 0 spiro atoms. The van der Waals surface area contributed by atoms with Gasteiger partial charge in [-0.25, -0.2) is 0 Å². The van der Waals surface area contributed by atoms with Gasteiger partial charge in [-0.3, -0.25) is 4.90 Å². The van der Waals surface area contributed by atoms with E-state index in [9.17, 15) is 0 Å². The van der Waals surface area contributed by atoms with Gasteiger partial charge in [-0.2, -0.15) is 0 Å². The molecule has 2 fully saturated rings. The molecule has 1 unspecified atom stereocenters. The maximum atomic E-state index is 3.78. The number of anilines is 1. The maximum absolute atomic E-state index is 3.78. The molecule has 1 saturated heterocycles. The summed E-state index contributed by atoms with van der Waals surface area (Å²) < 4.78 is 0. The summed E-state index contributed by atoms with van der Waals surface area (Å²) in [5.74, 6) is 0. The van der Waals surface area contributed by atoms with E-state index >= 15 is 0 Å². The zero-order valence-corrected chi connectivity index (χ0v) is 12.4. The average molecular weight is 284 g/mol. The monoisotopic (exact) mass is 284 g/mol. The van der Waals surface area contributed by atoms with Crippen LogP contribution in [0.3, 0.4) is 0 Å². The van der Waals surface area contributed by atoms with Crippen molar-refractivity contribution in [1.29, 1.82) is 0 Å². The summed E-state index contributed by atoms with van der Waals surface area (Å²) >= 11 is 1.81. The van der Waals surface area contributed by atoms with Crippen LogP contribution in [0, 0.1) is 0 Å². The van der Waals surface area contributed by atoms with Crippen molar-refractivity contribution in [2.75, 3.05) is 18.4 Å². The fourth-order valence-corrected chi connectivity index (χ4v) is 3.92. The van der Waals surface area contributed by atoms with Gasteiger partial charge in [0.1, 0.15) is 0 Å². The van der Waals surface area contributed by atoms with Gasteiger partial charge < -0.3 is 5.32 Å². The second kappa shape index (κ2) is 5.23. The highest BCUT2D eigenvalue weighted by Crippen LogP contribution is 2.34. The van der Waals surface area contributed by atoms with Gasteiger partial charge in [0.15, 0.2) is 0 Å². The number of hydrogen-bond donors (Lipinski definition) is 1. The molecule has 3 heteroatoms. The highest BCUT2D eigenvalue weighted by atomic mass is 32.1. The number of nitrogens with one attached hydrogen (secondary N) is 1. The average Bonchev–Trinajstić information content (AvgIpc) is 3.00. The van der Waals surface area contributed by atoms with Gasteiger partial charge in [-0.05, 0) is 36.8 Å². The first-order chi connectivity index (χ1) is 9.90. The second-order valence-corrected chi connectivity index (χ2v) is 6.83. The molecular weight excluding hydrogens is 264 g/mol. The van der Waals surface area contributed by atoms with Crippen LogP contribution in [0.15, 0.2) is 41.8 Å². The Bertz CT molecular complexity index is 574. The number of para-hydroxylation sites is 1. The van der Waals surface area contributed by atoms with Crippen molar-refractivity contribution in [3.05, 3.63) is 41.8 Å². The molecule has 2 nitrogen and oxygen atoms in total. The SMILES string of the molecule is c1csc(-c2ccccc2NC2CCN(C3CC3)C2)c1. The number of likely N-dealkylation sites (tertiary alicyclic amines) is 1. The first kappa shape index (κ1) is 12.4. The zero-order valence-electron chi connectivity index (χ0n) is 11.6. The molecule has 104 valence electrons. The summed E-state index contributed by atoms with van der Waals surface area (Å²) in [6.07, 6.45) is 4.10. The lowest BCUT2D eigenvalue weighted by Gasteiger charge is -2.18. The predicted molar refractivity (Wildman–Crippen MR) is 86.4 cm³/mol. The summed E-state index contributed by atoms with van der Waals surface area (Å²) in [7, 11) is 0. The van der Waals surface area contributed by atoms with Crippen molar-refractivity contribution in [1.82, 2.24) is 4.90 Å². The second-order valence-electron chi connectivity index (χ2n) is 5.88. The van der Waals surface area contributed by atoms with Crippen molar-refractivity contribution in [3.8, 4) is 10.4 Å². The van der Waals surface area contributed by atoms with E-state index in [1.165, 1.54) is 48.5 Å². The molecule has 1 N–H and O–H groups in total. The van der Waals surface area contributed by atoms with Crippen molar-refractivity contribution in [3.63, 3.8) is 0 Å². The zero-order chi connectivity index (χ0) is 13.4. The van der Waals surface area contributed by atoms with E-state index in [-0.39, 0.29) is 0 Å². The molecule has 2 aliphatic rings. The van der Waals surface area contributed by atoms with Crippen LogP contribution in [0.25, 0.3) is 10.4 Å². The van der Waals surface area contributed by atoms with Gasteiger partial charge in [0, 0.05) is 41.3 Å². The predicted octanol–water partition coefficient (Wildman–Crippen LogP) is 4.06. The molecule has 1 saturated carbocycles. The Morgan fingerprint density at radius 3 is 2.75 bits per heavy atom. The molecule has 4 rings (SSSR count). The molecule has 1 atom stereocenters. The minimum atomic E-state index is 0.608. The van der Waals surface area contributed by atoms with Crippen LogP contribution in [-0.4, -0.2) is 30.1 Å². The molecule has 0 radical (unpaired) electrons. The minimum absolute atomic E-state index is 0.608. The van der Waals surface area contributed by atoms with Crippen LogP contribution < -0.4 is 5.32 Å². The molecule has 0 amide bonds. The molecule has 1 aromatic heterocycles. The van der Waals surface area contributed by atoms with Crippen molar-refractivity contribution < 1.29 is 0 Å². The van der Waals surface area contributed by atoms with E-state index in [0.29, 0.717) is 6.04 Å². The largest absolute Gasteiger partial charge is 0.380 e. The molecule has 1 aliphatic heterocycles. The summed E-state index contributed by atoms with van der Waals surface area (Å²) in [5.41, 5.74) is 2.63. The highest BCUT2D eigenvalue weighted by Gasteiger charge is 2.34. The topological polar surface area (TPSA) is 15.3 Å². The molecule has 1 aromatic carbocycles. The standard InChI is InChI=1S/C17H20N2S/c1-2-5-16(15(4-1)17-6-3-11-20-17)18-13-9-10-19(12-13)14-7-8-14/h1-6,11,13-14,18H,7-10,12H2. The van der Waals surface area contributed by atoms with E-state index in [1.54, 1.807) is 0 Å². The van der Waals surface area contributed by atoms with Crippen LogP contribution in [0.4, 0.5) is 5.69 Å². The summed E-state index contributed by atoms with van der Waals surface area (Å²) in [5, 5.41) is 5.92. The molecule has 20 heavy (non-hydrogen) atoms. The Hall–Kier alpha value is -1.32.